The summed E-state index contributed by atoms with van der Waals surface area (Å²) in [6.07, 6.45) is 1.55. The zero-order chi connectivity index (χ0) is 17.0. The van der Waals surface area contributed by atoms with Crippen LogP contribution < -0.4 is 5.32 Å². The van der Waals surface area contributed by atoms with Gasteiger partial charge in [-0.1, -0.05) is 18.2 Å². The number of amides is 1. The molecule has 6 nitrogen and oxygen atoms in total. The van der Waals surface area contributed by atoms with Crippen LogP contribution in [-0.2, 0) is 16.6 Å². The Morgan fingerprint density at radius 1 is 1.22 bits per heavy atom. The minimum absolute atomic E-state index is 0.142. The van der Waals surface area contributed by atoms with Crippen LogP contribution in [0.4, 0.5) is 5.69 Å². The molecule has 0 bridgehead atoms. The van der Waals surface area contributed by atoms with Crippen LogP contribution in [0, 0.1) is 6.92 Å². The van der Waals surface area contributed by atoms with E-state index < -0.39 is 18.5 Å². The van der Waals surface area contributed by atoms with Crippen molar-refractivity contribution < 1.29 is 19.1 Å². The largest absolute Gasteiger partial charge is 0.451 e. The predicted molar refractivity (Wildman–Crippen MR) is 85.5 cm³/mol. The minimum atomic E-state index is -0.653. The van der Waals surface area contributed by atoms with Crippen molar-refractivity contribution in [3.05, 3.63) is 53.3 Å². The molecule has 1 heterocycles. The van der Waals surface area contributed by atoms with Crippen molar-refractivity contribution in [2.24, 2.45) is 7.05 Å². The lowest BCUT2D eigenvalue weighted by atomic mass is 10.2. The molecule has 0 spiro atoms. The van der Waals surface area contributed by atoms with Crippen molar-refractivity contribution in [1.82, 2.24) is 4.57 Å². The van der Waals surface area contributed by atoms with E-state index in [1.165, 1.54) is 17.6 Å². The van der Waals surface area contributed by atoms with E-state index in [1.807, 2.05) is 25.1 Å². The van der Waals surface area contributed by atoms with Crippen LogP contribution in [0.25, 0.3) is 0 Å². The highest BCUT2D eigenvalue weighted by Crippen LogP contribution is 2.13. The van der Waals surface area contributed by atoms with Crippen molar-refractivity contribution in [2.45, 2.75) is 13.8 Å². The Labute approximate surface area is 134 Å². The van der Waals surface area contributed by atoms with Crippen molar-refractivity contribution in [2.75, 3.05) is 11.9 Å². The topological polar surface area (TPSA) is 77.4 Å². The first-order valence-corrected chi connectivity index (χ1v) is 7.08. The summed E-state index contributed by atoms with van der Waals surface area (Å²) >= 11 is 0. The molecule has 0 fully saturated rings. The van der Waals surface area contributed by atoms with Crippen LogP contribution in [0.1, 0.15) is 33.3 Å². The molecule has 0 radical (unpaired) electrons. The standard InChI is InChI=1S/C17H18N2O4/c1-11-6-4-5-7-14(11)18-16(21)10-23-17(22)15-8-13(12(2)20)9-19(15)3/h4-9H,10H2,1-3H3,(H,18,21). The highest BCUT2D eigenvalue weighted by atomic mass is 16.5. The fraction of sp³-hybridized carbons (Fsp3) is 0.235. The molecule has 2 aromatic rings. The summed E-state index contributed by atoms with van der Waals surface area (Å²) in [6.45, 7) is 2.89. The number of hydrogen-bond acceptors (Lipinski definition) is 4. The molecule has 0 aliphatic heterocycles. The van der Waals surface area contributed by atoms with Crippen molar-refractivity contribution in [1.29, 1.82) is 0 Å². The number of nitrogens with zero attached hydrogens (tertiary/aromatic N) is 1. The van der Waals surface area contributed by atoms with Crippen LogP contribution in [-0.4, -0.2) is 28.8 Å². The summed E-state index contributed by atoms with van der Waals surface area (Å²) in [7, 11) is 1.64. The molecule has 1 aromatic carbocycles. The number of anilines is 1. The van der Waals surface area contributed by atoms with Crippen LogP contribution in [0.3, 0.4) is 0 Å². The van der Waals surface area contributed by atoms with Crippen molar-refractivity contribution >= 4 is 23.3 Å². The SMILES string of the molecule is CC(=O)c1cc(C(=O)OCC(=O)Nc2ccccc2C)n(C)c1. The minimum Gasteiger partial charge on any atom is -0.451 e. The monoisotopic (exact) mass is 314 g/mol. The number of carbonyl (C=O) groups excluding carboxylic acids is 3. The summed E-state index contributed by atoms with van der Waals surface area (Å²) in [6, 6.07) is 8.76. The number of nitrogens with one attached hydrogen (secondary N) is 1. The normalized spacial score (nSPS) is 10.2. The lowest BCUT2D eigenvalue weighted by molar-refractivity contribution is -0.119. The predicted octanol–water partition coefficient (Wildman–Crippen LogP) is 2.33. The number of benzene rings is 1. The zero-order valence-electron chi connectivity index (χ0n) is 13.3. The van der Waals surface area contributed by atoms with Crippen molar-refractivity contribution in [3.63, 3.8) is 0 Å². The van der Waals surface area contributed by atoms with Crippen LogP contribution in [0.5, 0.6) is 0 Å². The first kappa shape index (κ1) is 16.5. The number of aryl methyl sites for hydroxylation is 2. The quantitative estimate of drug-likeness (QED) is 0.679. The third-order valence-corrected chi connectivity index (χ3v) is 3.37. The molecule has 0 aliphatic carbocycles. The second kappa shape index (κ2) is 6.91. The van der Waals surface area contributed by atoms with Crippen LogP contribution in [0.15, 0.2) is 36.5 Å². The Hall–Kier alpha value is -2.89. The second-order valence-corrected chi connectivity index (χ2v) is 5.22. The maximum atomic E-state index is 12.0. The number of aromatic nitrogens is 1. The van der Waals surface area contributed by atoms with Gasteiger partial charge < -0.3 is 14.6 Å². The summed E-state index contributed by atoms with van der Waals surface area (Å²) in [5, 5.41) is 2.68. The molecule has 1 amide bonds. The van der Waals surface area contributed by atoms with E-state index in [2.05, 4.69) is 5.32 Å². The molecule has 2 rings (SSSR count). The maximum absolute atomic E-state index is 12.0. The second-order valence-electron chi connectivity index (χ2n) is 5.22. The number of esters is 1. The molecule has 0 aliphatic rings. The van der Waals surface area contributed by atoms with Crippen molar-refractivity contribution in [3.8, 4) is 0 Å². The van der Waals surface area contributed by atoms with Gasteiger partial charge in [0.1, 0.15) is 5.69 Å². The highest BCUT2D eigenvalue weighted by molar-refractivity contribution is 5.99. The summed E-state index contributed by atoms with van der Waals surface area (Å²) in [5.41, 5.74) is 2.23. The van der Waals surface area contributed by atoms with Gasteiger partial charge in [-0.15, -0.1) is 0 Å². The Morgan fingerprint density at radius 2 is 1.91 bits per heavy atom. The van der Waals surface area contributed by atoms with E-state index in [0.717, 1.165) is 5.56 Å². The summed E-state index contributed by atoms with van der Waals surface area (Å²) in [4.78, 5) is 35.1. The van der Waals surface area contributed by atoms with Gasteiger partial charge in [0.2, 0.25) is 0 Å². The van der Waals surface area contributed by atoms with Crippen LogP contribution in [0.2, 0.25) is 0 Å². The van der Waals surface area contributed by atoms with Gasteiger partial charge in [-0.05, 0) is 31.5 Å². The third-order valence-electron chi connectivity index (χ3n) is 3.37. The summed E-state index contributed by atoms with van der Waals surface area (Å²) in [5.74, 6) is -1.22. The number of carbonyl (C=O) groups is 3. The Morgan fingerprint density at radius 3 is 2.52 bits per heavy atom. The molecular weight excluding hydrogens is 296 g/mol. The lowest BCUT2D eigenvalue weighted by Gasteiger charge is -2.08. The van der Waals surface area contributed by atoms with E-state index in [-0.39, 0.29) is 11.5 Å². The average molecular weight is 314 g/mol. The van der Waals surface area contributed by atoms with Gasteiger partial charge in [0.05, 0.1) is 0 Å². The average Bonchev–Trinajstić information content (AvgIpc) is 2.89. The number of Topliss-reactive ketones (excluding diaryl/α,β-unsaturated/α-hetero) is 1. The van der Waals surface area contributed by atoms with E-state index in [9.17, 15) is 14.4 Å². The smallest absolute Gasteiger partial charge is 0.355 e. The number of ether oxygens (including phenoxy) is 1. The first-order valence-electron chi connectivity index (χ1n) is 7.08. The molecule has 0 saturated heterocycles. The fourth-order valence-electron chi connectivity index (χ4n) is 2.06. The molecule has 120 valence electrons. The number of rotatable bonds is 5. The van der Waals surface area contributed by atoms with E-state index in [0.29, 0.717) is 11.3 Å². The molecular formula is C17H18N2O4. The third kappa shape index (κ3) is 4.06. The first-order chi connectivity index (χ1) is 10.9. The number of hydrogen-bond donors (Lipinski definition) is 1. The molecule has 0 atom stereocenters. The Kier molecular flexibility index (Phi) is 4.95. The van der Waals surface area contributed by atoms with Gasteiger partial charge in [-0.25, -0.2) is 4.79 Å². The van der Waals surface area contributed by atoms with E-state index in [1.54, 1.807) is 19.3 Å². The van der Waals surface area contributed by atoms with Gasteiger partial charge in [0.25, 0.3) is 5.91 Å². The molecule has 1 aromatic heterocycles. The number of para-hydroxylation sites is 1. The highest BCUT2D eigenvalue weighted by Gasteiger charge is 2.16. The lowest BCUT2D eigenvalue weighted by Crippen LogP contribution is -2.22. The van der Waals surface area contributed by atoms with Gasteiger partial charge >= 0.3 is 5.97 Å². The molecule has 23 heavy (non-hydrogen) atoms. The molecule has 1 N–H and O–H groups in total. The van der Waals surface area contributed by atoms with Gasteiger partial charge in [0, 0.05) is 24.5 Å². The van der Waals surface area contributed by atoms with E-state index in [4.69, 9.17) is 4.74 Å². The Bertz CT molecular complexity index is 762. The van der Waals surface area contributed by atoms with Gasteiger partial charge in [-0.3, -0.25) is 9.59 Å². The van der Waals surface area contributed by atoms with Crippen LogP contribution >= 0.6 is 0 Å². The summed E-state index contributed by atoms with van der Waals surface area (Å²) < 4.78 is 6.49. The van der Waals surface area contributed by atoms with Gasteiger partial charge in [0.15, 0.2) is 12.4 Å². The molecule has 6 heteroatoms. The van der Waals surface area contributed by atoms with Gasteiger partial charge in [-0.2, -0.15) is 0 Å². The zero-order valence-corrected chi connectivity index (χ0v) is 13.3. The fourth-order valence-corrected chi connectivity index (χ4v) is 2.06. The molecule has 0 saturated carbocycles. The van der Waals surface area contributed by atoms with E-state index >= 15 is 0 Å². The Balaban J connectivity index is 1.95. The maximum Gasteiger partial charge on any atom is 0.355 e. The number of ketones is 1. The molecule has 0 unspecified atom stereocenters.